The maximum absolute atomic E-state index is 13.5. The summed E-state index contributed by atoms with van der Waals surface area (Å²) < 4.78 is 49.4. The fourth-order valence-electron chi connectivity index (χ4n) is 3.51. The first-order valence-electron chi connectivity index (χ1n) is 10.8. The van der Waals surface area contributed by atoms with E-state index >= 15 is 0 Å². The highest BCUT2D eigenvalue weighted by molar-refractivity contribution is 6.06. The molecule has 0 saturated heterocycles. The number of rotatable bonds is 9. The Morgan fingerprint density at radius 1 is 1.14 bits per heavy atom. The molecule has 0 radical (unpaired) electrons. The van der Waals surface area contributed by atoms with Crippen molar-refractivity contribution in [2.75, 3.05) is 25.9 Å². The molecule has 1 amide bonds. The van der Waals surface area contributed by atoms with Gasteiger partial charge in [-0.25, -0.2) is 4.98 Å². The van der Waals surface area contributed by atoms with E-state index in [-0.39, 0.29) is 12.3 Å². The van der Waals surface area contributed by atoms with Crippen LogP contribution in [0.3, 0.4) is 0 Å². The number of hydrogen-bond donors (Lipinski definition) is 0. The number of aromatic nitrogens is 4. The van der Waals surface area contributed by atoms with Gasteiger partial charge in [0.1, 0.15) is 12.2 Å². The number of ether oxygens (including phenoxy) is 2. The molecule has 35 heavy (non-hydrogen) atoms. The van der Waals surface area contributed by atoms with Gasteiger partial charge in [-0.2, -0.15) is 23.3 Å². The molecule has 0 saturated carbocycles. The molecular formula is C23H26F3N5O4. The van der Waals surface area contributed by atoms with Crippen LogP contribution in [0.2, 0.25) is 0 Å². The Morgan fingerprint density at radius 3 is 2.49 bits per heavy atom. The highest BCUT2D eigenvalue weighted by Gasteiger charge is 2.30. The predicted octanol–water partition coefficient (Wildman–Crippen LogP) is 4.39. The van der Waals surface area contributed by atoms with Gasteiger partial charge in [0.2, 0.25) is 0 Å². The molecule has 9 nitrogen and oxygen atoms in total. The monoisotopic (exact) mass is 493 g/mol. The minimum atomic E-state index is -4.45. The molecule has 0 aromatic carbocycles. The van der Waals surface area contributed by atoms with E-state index in [1.54, 1.807) is 32.2 Å². The van der Waals surface area contributed by atoms with E-state index in [1.165, 1.54) is 14.2 Å². The topological polar surface area (TPSA) is 91.6 Å². The Bertz CT molecular complexity index is 1200. The Morgan fingerprint density at radius 2 is 1.89 bits per heavy atom. The number of hydroxylamine groups is 1. The van der Waals surface area contributed by atoms with E-state index in [0.29, 0.717) is 50.8 Å². The quantitative estimate of drug-likeness (QED) is 0.408. The second-order valence-corrected chi connectivity index (χ2v) is 7.46. The van der Waals surface area contributed by atoms with E-state index in [0.717, 1.165) is 17.5 Å². The zero-order valence-corrected chi connectivity index (χ0v) is 20.0. The van der Waals surface area contributed by atoms with Crippen LogP contribution >= 0.6 is 0 Å². The van der Waals surface area contributed by atoms with Crippen molar-refractivity contribution in [3.63, 3.8) is 0 Å². The first-order valence-corrected chi connectivity index (χ1v) is 10.8. The lowest BCUT2D eigenvalue weighted by molar-refractivity contribution is -0.142. The van der Waals surface area contributed by atoms with Gasteiger partial charge in [-0.1, -0.05) is 6.92 Å². The minimum Gasteiger partial charge on any atom is -0.491 e. The molecule has 3 aromatic rings. The summed E-state index contributed by atoms with van der Waals surface area (Å²) in [5.41, 5.74) is 2.71. The summed E-state index contributed by atoms with van der Waals surface area (Å²) in [6, 6.07) is 3.46. The first-order chi connectivity index (χ1) is 16.6. The number of methoxy groups -OCH3 is 2. The SMILES string of the molecule is CCON(C(=O)c1c(C)cc(-c2cnc(OC)c(OC)c2)nc1CC)c1cnn(CC(F)(F)F)c1. The number of nitrogens with zero attached hydrogens (tertiary/aromatic N) is 5. The number of amides is 1. The molecule has 0 spiro atoms. The molecule has 0 aliphatic rings. The molecule has 188 valence electrons. The largest absolute Gasteiger partial charge is 0.491 e. The zero-order valence-electron chi connectivity index (χ0n) is 20.0. The van der Waals surface area contributed by atoms with Crippen molar-refractivity contribution in [3.05, 3.63) is 47.5 Å². The maximum Gasteiger partial charge on any atom is 0.408 e. The average Bonchev–Trinajstić information content (AvgIpc) is 3.27. The lowest BCUT2D eigenvalue weighted by Gasteiger charge is -2.22. The minimum absolute atomic E-state index is 0.0794. The number of hydrogen-bond acceptors (Lipinski definition) is 7. The molecule has 0 unspecified atom stereocenters. The Balaban J connectivity index is 2.01. The van der Waals surface area contributed by atoms with Gasteiger partial charge in [0.05, 0.1) is 50.2 Å². The summed E-state index contributed by atoms with van der Waals surface area (Å²) in [5.74, 6) is 0.201. The molecule has 0 atom stereocenters. The number of anilines is 1. The average molecular weight is 493 g/mol. The lowest BCUT2D eigenvalue weighted by Crippen LogP contribution is -2.32. The zero-order chi connectivity index (χ0) is 25.8. The van der Waals surface area contributed by atoms with Crippen LogP contribution in [0.25, 0.3) is 11.3 Å². The summed E-state index contributed by atoms with van der Waals surface area (Å²) >= 11 is 0. The van der Waals surface area contributed by atoms with Crippen LogP contribution in [0.1, 0.15) is 35.5 Å². The van der Waals surface area contributed by atoms with Gasteiger partial charge in [-0.15, -0.1) is 0 Å². The third-order valence-electron chi connectivity index (χ3n) is 5.01. The molecule has 0 bridgehead atoms. The second kappa shape index (κ2) is 10.7. The number of pyridine rings is 2. The van der Waals surface area contributed by atoms with Crippen molar-refractivity contribution in [3.8, 4) is 22.9 Å². The predicted molar refractivity (Wildman–Crippen MR) is 121 cm³/mol. The van der Waals surface area contributed by atoms with E-state index in [2.05, 4.69) is 15.1 Å². The fraction of sp³-hybridized carbons (Fsp3) is 0.391. The van der Waals surface area contributed by atoms with Gasteiger partial charge < -0.3 is 9.47 Å². The maximum atomic E-state index is 13.5. The summed E-state index contributed by atoms with van der Waals surface area (Å²) in [5, 5.41) is 4.65. The van der Waals surface area contributed by atoms with Gasteiger partial charge >= 0.3 is 6.18 Å². The van der Waals surface area contributed by atoms with Crippen LogP contribution in [-0.2, 0) is 17.8 Å². The van der Waals surface area contributed by atoms with Crippen LogP contribution < -0.4 is 14.5 Å². The number of carbonyl (C=O) groups excluding carboxylic acids is 1. The van der Waals surface area contributed by atoms with Gasteiger partial charge in [-0.3, -0.25) is 19.3 Å². The van der Waals surface area contributed by atoms with Crippen molar-refractivity contribution < 1.29 is 32.3 Å². The van der Waals surface area contributed by atoms with Crippen LogP contribution in [0.15, 0.2) is 30.7 Å². The van der Waals surface area contributed by atoms with Crippen LogP contribution in [-0.4, -0.2) is 52.7 Å². The van der Waals surface area contributed by atoms with Gasteiger partial charge in [0.25, 0.3) is 11.8 Å². The number of aryl methyl sites for hydroxylation is 2. The number of alkyl halides is 3. The third kappa shape index (κ3) is 5.88. The molecule has 0 aliphatic heterocycles. The molecule has 12 heteroatoms. The van der Waals surface area contributed by atoms with Crippen molar-refractivity contribution in [1.82, 2.24) is 19.7 Å². The number of halogens is 3. The van der Waals surface area contributed by atoms with Crippen molar-refractivity contribution in [2.45, 2.75) is 39.9 Å². The van der Waals surface area contributed by atoms with Gasteiger partial charge in [0.15, 0.2) is 5.75 Å². The molecule has 0 fully saturated rings. The van der Waals surface area contributed by atoms with E-state index in [1.807, 2.05) is 6.92 Å². The van der Waals surface area contributed by atoms with Crippen LogP contribution in [0.4, 0.5) is 18.9 Å². The van der Waals surface area contributed by atoms with Crippen LogP contribution in [0, 0.1) is 6.92 Å². The standard InChI is InChI=1S/C23H26F3N5O4/c1-6-17-20(14(3)8-18(29-17)15-9-19(33-4)21(34-5)27-10-15)22(32)31(35-7-2)16-11-28-30(12-16)13-23(24,25)26/h8-12H,6-7,13H2,1-5H3. The Kier molecular flexibility index (Phi) is 7.95. The highest BCUT2D eigenvalue weighted by Crippen LogP contribution is 2.31. The molecular weight excluding hydrogens is 467 g/mol. The summed E-state index contributed by atoms with van der Waals surface area (Å²) in [6.07, 6.45) is -0.180. The third-order valence-corrected chi connectivity index (χ3v) is 5.01. The van der Waals surface area contributed by atoms with Gasteiger partial charge in [-0.05, 0) is 38.0 Å². The Hall–Kier alpha value is -3.67. The van der Waals surface area contributed by atoms with E-state index in [4.69, 9.17) is 14.3 Å². The molecule has 0 N–H and O–H groups in total. The van der Waals surface area contributed by atoms with Crippen molar-refractivity contribution in [2.24, 2.45) is 0 Å². The van der Waals surface area contributed by atoms with Crippen LogP contribution in [0.5, 0.6) is 11.6 Å². The van der Waals surface area contributed by atoms with Gasteiger partial charge in [0, 0.05) is 11.8 Å². The summed E-state index contributed by atoms with van der Waals surface area (Å²) in [7, 11) is 2.99. The molecule has 3 heterocycles. The first kappa shape index (κ1) is 25.9. The summed E-state index contributed by atoms with van der Waals surface area (Å²) in [4.78, 5) is 27.9. The van der Waals surface area contributed by atoms with Crippen molar-refractivity contribution in [1.29, 1.82) is 0 Å². The fourth-order valence-corrected chi connectivity index (χ4v) is 3.51. The highest BCUT2D eigenvalue weighted by atomic mass is 19.4. The summed E-state index contributed by atoms with van der Waals surface area (Å²) in [6.45, 7) is 4.10. The van der Waals surface area contributed by atoms with E-state index < -0.39 is 18.6 Å². The Labute approximate surface area is 200 Å². The normalized spacial score (nSPS) is 11.4. The lowest BCUT2D eigenvalue weighted by atomic mass is 10.0. The molecule has 0 aliphatic carbocycles. The molecule has 3 aromatic heterocycles. The second-order valence-electron chi connectivity index (χ2n) is 7.46. The smallest absolute Gasteiger partial charge is 0.408 e. The van der Waals surface area contributed by atoms with E-state index in [9.17, 15) is 18.0 Å². The van der Waals surface area contributed by atoms with Crippen molar-refractivity contribution >= 4 is 11.6 Å². The number of carbonyl (C=O) groups is 1. The molecule has 3 rings (SSSR count).